The Morgan fingerprint density at radius 2 is 1.69 bits per heavy atom. The highest BCUT2D eigenvalue weighted by molar-refractivity contribution is 5.94. The van der Waals surface area contributed by atoms with Crippen LogP contribution in [0.2, 0.25) is 0 Å². The first kappa shape index (κ1) is 16.3. The largest absolute Gasteiger partial charge is 0.350 e. The van der Waals surface area contributed by atoms with E-state index in [1.165, 1.54) is 11.1 Å². The Balaban J connectivity index is 1.85. The molecule has 4 aromatic rings. The number of hydrogen-bond acceptors (Lipinski definition) is 5. The van der Waals surface area contributed by atoms with Crippen LogP contribution in [-0.4, -0.2) is 15.1 Å². The Hall–Kier alpha value is -3.21. The van der Waals surface area contributed by atoms with Gasteiger partial charge in [-0.05, 0) is 37.1 Å². The zero-order valence-electron chi connectivity index (χ0n) is 15.1. The van der Waals surface area contributed by atoms with Gasteiger partial charge >= 0.3 is 0 Å². The molecule has 5 heteroatoms. The van der Waals surface area contributed by atoms with Gasteiger partial charge < -0.3 is 9.84 Å². The fraction of sp³-hybridized carbons (Fsp3) is 0.190. The van der Waals surface area contributed by atoms with Crippen molar-refractivity contribution in [2.75, 3.05) is 5.32 Å². The fourth-order valence-electron chi connectivity index (χ4n) is 3.09. The van der Waals surface area contributed by atoms with Crippen molar-refractivity contribution in [3.63, 3.8) is 0 Å². The standard InChI is InChI=1S/C21H20N4O/c1-4-17-23-19-18(15-8-6-5-7-9-15)25-26-20(19)21(24-17)22-16-11-13(2)10-14(3)12-16/h5-12H,4H2,1-3H3,(H,22,23,24). The number of anilines is 2. The molecule has 1 N–H and O–H groups in total. The predicted molar refractivity (Wildman–Crippen MR) is 104 cm³/mol. The van der Waals surface area contributed by atoms with Crippen LogP contribution in [0.25, 0.3) is 22.4 Å². The molecule has 0 fully saturated rings. The highest BCUT2D eigenvalue weighted by Crippen LogP contribution is 2.31. The van der Waals surface area contributed by atoms with Gasteiger partial charge in [0.2, 0.25) is 5.58 Å². The molecule has 0 aliphatic heterocycles. The van der Waals surface area contributed by atoms with Crippen molar-refractivity contribution >= 4 is 22.6 Å². The van der Waals surface area contributed by atoms with Crippen molar-refractivity contribution < 1.29 is 4.52 Å². The molecule has 0 saturated carbocycles. The summed E-state index contributed by atoms with van der Waals surface area (Å²) in [6, 6.07) is 16.2. The van der Waals surface area contributed by atoms with Crippen LogP contribution in [0.4, 0.5) is 11.5 Å². The molecule has 5 nitrogen and oxygen atoms in total. The van der Waals surface area contributed by atoms with Crippen LogP contribution in [0.3, 0.4) is 0 Å². The molecule has 0 bridgehead atoms. The van der Waals surface area contributed by atoms with E-state index in [0.29, 0.717) is 11.4 Å². The molecule has 0 aliphatic carbocycles. The third-order valence-corrected chi connectivity index (χ3v) is 4.21. The Morgan fingerprint density at radius 1 is 0.962 bits per heavy atom. The minimum absolute atomic E-state index is 0.570. The zero-order chi connectivity index (χ0) is 18.1. The summed E-state index contributed by atoms with van der Waals surface area (Å²) >= 11 is 0. The third kappa shape index (κ3) is 3.04. The van der Waals surface area contributed by atoms with Crippen molar-refractivity contribution in [3.05, 3.63) is 65.5 Å². The van der Waals surface area contributed by atoms with E-state index >= 15 is 0 Å². The van der Waals surface area contributed by atoms with Gasteiger partial charge in [-0.3, -0.25) is 0 Å². The van der Waals surface area contributed by atoms with Gasteiger partial charge in [-0.1, -0.05) is 48.5 Å². The smallest absolute Gasteiger partial charge is 0.228 e. The Morgan fingerprint density at radius 3 is 2.38 bits per heavy atom. The zero-order valence-corrected chi connectivity index (χ0v) is 15.1. The highest BCUT2D eigenvalue weighted by Gasteiger charge is 2.18. The van der Waals surface area contributed by atoms with Gasteiger partial charge in [0.1, 0.15) is 17.0 Å². The average Bonchev–Trinajstić information content (AvgIpc) is 3.05. The molecule has 0 amide bonds. The molecule has 26 heavy (non-hydrogen) atoms. The quantitative estimate of drug-likeness (QED) is 0.551. The molecule has 0 aliphatic rings. The van der Waals surface area contributed by atoms with E-state index in [9.17, 15) is 0 Å². The lowest BCUT2D eigenvalue weighted by molar-refractivity contribution is 0.459. The first-order valence-electron chi connectivity index (χ1n) is 8.71. The molecule has 0 saturated heterocycles. The molecule has 130 valence electrons. The summed E-state index contributed by atoms with van der Waals surface area (Å²) in [5, 5.41) is 7.64. The lowest BCUT2D eigenvalue weighted by atomic mass is 10.1. The molecule has 0 spiro atoms. The van der Waals surface area contributed by atoms with Gasteiger partial charge in [-0.15, -0.1) is 0 Å². The predicted octanol–water partition coefficient (Wildman–Crippen LogP) is 5.21. The second-order valence-electron chi connectivity index (χ2n) is 6.42. The van der Waals surface area contributed by atoms with Crippen molar-refractivity contribution in [3.8, 4) is 11.3 Å². The van der Waals surface area contributed by atoms with Crippen LogP contribution in [0.1, 0.15) is 23.9 Å². The molecule has 2 heterocycles. The van der Waals surface area contributed by atoms with Crippen LogP contribution < -0.4 is 5.32 Å². The summed E-state index contributed by atoms with van der Waals surface area (Å²) in [5.41, 5.74) is 6.37. The topological polar surface area (TPSA) is 63.8 Å². The van der Waals surface area contributed by atoms with Crippen molar-refractivity contribution in [1.29, 1.82) is 0 Å². The highest BCUT2D eigenvalue weighted by atomic mass is 16.5. The Bertz CT molecular complexity index is 1050. The molecule has 0 unspecified atom stereocenters. The average molecular weight is 344 g/mol. The summed E-state index contributed by atoms with van der Waals surface area (Å²) in [6.07, 6.45) is 0.733. The lowest BCUT2D eigenvalue weighted by Gasteiger charge is -2.09. The number of nitrogens with zero attached hydrogens (tertiary/aromatic N) is 3. The van der Waals surface area contributed by atoms with Crippen LogP contribution >= 0.6 is 0 Å². The minimum atomic E-state index is 0.570. The van der Waals surface area contributed by atoms with Crippen molar-refractivity contribution in [2.24, 2.45) is 0 Å². The maximum absolute atomic E-state index is 5.63. The number of aromatic nitrogens is 3. The first-order valence-corrected chi connectivity index (χ1v) is 8.71. The van der Waals surface area contributed by atoms with Crippen molar-refractivity contribution in [1.82, 2.24) is 15.1 Å². The monoisotopic (exact) mass is 344 g/mol. The van der Waals surface area contributed by atoms with E-state index in [0.717, 1.165) is 34.7 Å². The van der Waals surface area contributed by atoms with Crippen LogP contribution in [0.15, 0.2) is 53.1 Å². The van der Waals surface area contributed by atoms with E-state index in [1.807, 2.05) is 37.3 Å². The van der Waals surface area contributed by atoms with Crippen LogP contribution in [0, 0.1) is 13.8 Å². The Labute approximate surface area is 152 Å². The number of fused-ring (bicyclic) bond motifs is 1. The second kappa shape index (κ2) is 6.59. The SMILES string of the molecule is CCc1nc(Nc2cc(C)cc(C)c2)c2onc(-c3ccccc3)c2n1. The molecular weight excluding hydrogens is 324 g/mol. The van der Waals surface area contributed by atoms with Gasteiger partial charge in [0, 0.05) is 17.7 Å². The molecule has 2 aromatic heterocycles. The van der Waals surface area contributed by atoms with Gasteiger partial charge in [-0.2, -0.15) is 0 Å². The maximum atomic E-state index is 5.63. The summed E-state index contributed by atoms with van der Waals surface area (Å²) in [5.74, 6) is 1.40. The first-order chi connectivity index (χ1) is 12.6. The lowest BCUT2D eigenvalue weighted by Crippen LogP contribution is -2.01. The van der Waals surface area contributed by atoms with E-state index in [-0.39, 0.29) is 0 Å². The molecule has 0 radical (unpaired) electrons. The number of aryl methyl sites for hydroxylation is 3. The number of rotatable bonds is 4. The van der Waals surface area contributed by atoms with E-state index in [1.54, 1.807) is 0 Å². The van der Waals surface area contributed by atoms with E-state index in [2.05, 4.69) is 52.5 Å². The van der Waals surface area contributed by atoms with Gasteiger partial charge in [0.05, 0.1) is 0 Å². The molecule has 2 aromatic carbocycles. The van der Waals surface area contributed by atoms with Gasteiger partial charge in [0.15, 0.2) is 5.82 Å². The third-order valence-electron chi connectivity index (χ3n) is 4.21. The number of benzene rings is 2. The fourth-order valence-corrected chi connectivity index (χ4v) is 3.09. The maximum Gasteiger partial charge on any atom is 0.228 e. The minimum Gasteiger partial charge on any atom is -0.350 e. The van der Waals surface area contributed by atoms with E-state index < -0.39 is 0 Å². The van der Waals surface area contributed by atoms with E-state index in [4.69, 9.17) is 4.52 Å². The Kier molecular flexibility index (Phi) is 4.13. The number of hydrogen-bond donors (Lipinski definition) is 1. The van der Waals surface area contributed by atoms with Crippen LogP contribution in [-0.2, 0) is 6.42 Å². The number of nitrogens with one attached hydrogen (secondary N) is 1. The second-order valence-corrected chi connectivity index (χ2v) is 6.42. The van der Waals surface area contributed by atoms with Crippen molar-refractivity contribution in [2.45, 2.75) is 27.2 Å². The summed E-state index contributed by atoms with van der Waals surface area (Å²) in [6.45, 7) is 6.19. The summed E-state index contributed by atoms with van der Waals surface area (Å²) < 4.78 is 5.63. The van der Waals surface area contributed by atoms with Gasteiger partial charge in [-0.25, -0.2) is 9.97 Å². The molecule has 0 atom stereocenters. The summed E-state index contributed by atoms with van der Waals surface area (Å²) in [7, 11) is 0. The van der Waals surface area contributed by atoms with Gasteiger partial charge in [0.25, 0.3) is 0 Å². The van der Waals surface area contributed by atoms with Crippen LogP contribution in [0.5, 0.6) is 0 Å². The molecule has 4 rings (SSSR count). The molecular formula is C21H20N4O. The summed E-state index contributed by atoms with van der Waals surface area (Å²) in [4.78, 5) is 9.29. The normalized spacial score (nSPS) is 11.0.